The minimum Gasteiger partial charge on any atom is -0.907 e. The summed E-state index contributed by atoms with van der Waals surface area (Å²) in [7, 11) is -2.92. The maximum Gasteiger partial charge on any atom is 4.00 e. The van der Waals surface area contributed by atoms with Gasteiger partial charge in [0.05, 0.1) is 0 Å². The van der Waals surface area contributed by atoms with E-state index in [-0.39, 0.29) is 47.9 Å². The van der Waals surface area contributed by atoms with E-state index in [1.807, 2.05) is 0 Å². The average molecular weight is 316 g/mol. The van der Waals surface area contributed by atoms with E-state index in [1.165, 1.54) is 0 Å². The third-order valence-corrected chi connectivity index (χ3v) is 0. The molecule has 0 bridgehead atoms. The van der Waals surface area contributed by atoms with Crippen molar-refractivity contribution < 1.29 is 36.8 Å². The van der Waals surface area contributed by atoms with Gasteiger partial charge in [-0.15, -0.1) is 0 Å². The maximum absolute atomic E-state index is 8.42. The predicted octanol–water partition coefficient (Wildman–Crippen LogP) is -4.33. The van der Waals surface area contributed by atoms with Gasteiger partial charge in [0, 0.05) is 0 Å². The Kier molecular flexibility index (Phi) is 25.4. The Morgan fingerprint density at radius 3 is 1.00 bits per heavy atom. The van der Waals surface area contributed by atoms with E-state index >= 15 is 0 Å². The Morgan fingerprint density at radius 2 is 1.00 bits per heavy atom. The molecule has 0 aromatic rings. The third kappa shape index (κ3) is 48.1. The van der Waals surface area contributed by atoms with Crippen molar-refractivity contribution in [2.45, 2.75) is 0 Å². The zero-order valence-corrected chi connectivity index (χ0v) is 7.79. The zero-order chi connectivity index (χ0) is 3.58. The molecule has 0 heterocycles. The molecule has 0 spiro atoms. The predicted molar refractivity (Wildman–Crippen MR) is 11.5 cm³/mol. The van der Waals surface area contributed by atoms with Crippen LogP contribution in [0.3, 0.4) is 0 Å². The molecule has 0 unspecified atom stereocenters. The zero-order valence-electron chi connectivity index (χ0n) is 2.75. The largest absolute Gasteiger partial charge is 4.00 e. The standard InChI is InChI=1S/BO3.Bi.Ti/c2-1(3)4;;/q-3;+3;+4. The fraction of sp³-hybridized carbons (Fsp3) is 0. The van der Waals surface area contributed by atoms with Crippen molar-refractivity contribution in [1.29, 1.82) is 0 Å². The van der Waals surface area contributed by atoms with Gasteiger partial charge in [-0.2, -0.15) is 0 Å². The summed E-state index contributed by atoms with van der Waals surface area (Å²) in [5.41, 5.74) is 0. The van der Waals surface area contributed by atoms with Crippen molar-refractivity contribution in [3.05, 3.63) is 0 Å². The van der Waals surface area contributed by atoms with Crippen LogP contribution in [0.1, 0.15) is 0 Å². The molecule has 0 amide bonds. The molecule has 0 fully saturated rings. The summed E-state index contributed by atoms with van der Waals surface area (Å²) in [4.78, 5) is 0. The Hall–Kier alpha value is 1.54. The molecule has 0 rings (SSSR count). The first-order valence-corrected chi connectivity index (χ1v) is 0.707. The minimum atomic E-state index is -2.92. The number of rotatable bonds is 0. The molecule has 0 aromatic heterocycles. The third-order valence-electron chi connectivity index (χ3n) is 0. The Morgan fingerprint density at radius 1 is 1.00 bits per heavy atom. The van der Waals surface area contributed by atoms with Crippen LogP contribution in [-0.4, -0.2) is 33.5 Å². The first-order valence-electron chi connectivity index (χ1n) is 0.707. The molecule has 0 aliphatic rings. The molecule has 6 heteroatoms. The van der Waals surface area contributed by atoms with Gasteiger partial charge in [-0.25, -0.2) is 0 Å². The summed E-state index contributed by atoms with van der Waals surface area (Å²) < 4.78 is 0. The van der Waals surface area contributed by atoms with E-state index in [2.05, 4.69) is 0 Å². The normalized spacial score (nSPS) is 4.50. The fourth-order valence-corrected chi connectivity index (χ4v) is 0. The van der Waals surface area contributed by atoms with Gasteiger partial charge in [0.2, 0.25) is 0 Å². The van der Waals surface area contributed by atoms with Crippen molar-refractivity contribution in [2.75, 3.05) is 0 Å². The van der Waals surface area contributed by atoms with E-state index in [0.717, 1.165) is 0 Å². The van der Waals surface area contributed by atoms with E-state index in [0.29, 0.717) is 0 Å². The van der Waals surface area contributed by atoms with Crippen LogP contribution in [0.5, 0.6) is 0 Å². The van der Waals surface area contributed by atoms with Crippen LogP contribution in [0.2, 0.25) is 0 Å². The van der Waals surface area contributed by atoms with Crippen LogP contribution in [0.4, 0.5) is 0 Å². The molecular weight excluding hydrogens is 316 g/mol. The van der Waals surface area contributed by atoms with E-state index < -0.39 is 7.32 Å². The summed E-state index contributed by atoms with van der Waals surface area (Å²) in [6, 6.07) is 0. The Balaban J connectivity index is -0.0000000450. The second-order valence-electron chi connectivity index (χ2n) is 0.289. The van der Waals surface area contributed by atoms with E-state index in [1.54, 1.807) is 0 Å². The Bertz CT molecular complexity index is 15.5. The van der Waals surface area contributed by atoms with Crippen LogP contribution in [0, 0.1) is 0 Å². The van der Waals surface area contributed by atoms with Crippen LogP contribution < -0.4 is 15.1 Å². The molecule has 0 aliphatic heterocycles. The van der Waals surface area contributed by atoms with Gasteiger partial charge in [0.25, 0.3) is 0 Å². The average Bonchev–Trinajstić information content (AvgIpc) is 0.811. The van der Waals surface area contributed by atoms with Gasteiger partial charge < -0.3 is 15.1 Å². The molecule has 0 N–H and O–H groups in total. The van der Waals surface area contributed by atoms with Gasteiger partial charge in [0.15, 0.2) is 0 Å². The molecule has 2 radical (unpaired) electrons. The van der Waals surface area contributed by atoms with Crippen molar-refractivity contribution in [3.63, 3.8) is 0 Å². The van der Waals surface area contributed by atoms with Crippen molar-refractivity contribution in [3.8, 4) is 0 Å². The molecular formula is BBiO3Ti+4. The molecule has 26 valence electrons. The summed E-state index contributed by atoms with van der Waals surface area (Å²) >= 11 is 0. The summed E-state index contributed by atoms with van der Waals surface area (Å²) in [5.74, 6) is 0. The smallest absolute Gasteiger partial charge is 0.907 e. The quantitative estimate of drug-likeness (QED) is 0.425. The molecule has 0 atom stereocenters. The van der Waals surface area contributed by atoms with Crippen LogP contribution >= 0.6 is 0 Å². The molecule has 0 aliphatic carbocycles. The topological polar surface area (TPSA) is 69.2 Å². The molecule has 0 saturated heterocycles. The Labute approximate surface area is 69.9 Å². The minimum absolute atomic E-state index is 0. The first-order chi connectivity index (χ1) is 1.73. The summed E-state index contributed by atoms with van der Waals surface area (Å²) in [6.45, 7) is 0. The fourth-order valence-electron chi connectivity index (χ4n) is 0. The monoisotopic (exact) mass is 316 g/mol. The van der Waals surface area contributed by atoms with E-state index in [9.17, 15) is 0 Å². The summed E-state index contributed by atoms with van der Waals surface area (Å²) in [5, 5.41) is 25.2. The van der Waals surface area contributed by atoms with Crippen LogP contribution in [0.15, 0.2) is 0 Å². The van der Waals surface area contributed by atoms with Gasteiger partial charge in [-0.05, 0) is 0 Å². The van der Waals surface area contributed by atoms with Gasteiger partial charge in [-0.1, -0.05) is 0 Å². The molecule has 0 aromatic carbocycles. The first kappa shape index (κ1) is 15.6. The second kappa shape index (κ2) is 9.74. The molecule has 0 saturated carbocycles. The van der Waals surface area contributed by atoms with Gasteiger partial charge in [0.1, 0.15) is 0 Å². The number of hydrogen-bond donors (Lipinski definition) is 0. The van der Waals surface area contributed by atoms with Crippen molar-refractivity contribution in [2.24, 2.45) is 0 Å². The second-order valence-corrected chi connectivity index (χ2v) is 0.289. The SMILES string of the molecule is [Bi+3].[O-]B([O-])[O-].[Ti+4]. The molecule has 6 heavy (non-hydrogen) atoms. The number of hydrogen-bond acceptors (Lipinski definition) is 3. The van der Waals surface area contributed by atoms with Crippen molar-refractivity contribution in [1.82, 2.24) is 0 Å². The van der Waals surface area contributed by atoms with Crippen LogP contribution in [-0.2, 0) is 21.7 Å². The van der Waals surface area contributed by atoms with Gasteiger partial charge in [-0.3, -0.25) is 7.32 Å². The maximum atomic E-state index is 8.42. The van der Waals surface area contributed by atoms with Crippen molar-refractivity contribution >= 4 is 33.5 Å². The van der Waals surface area contributed by atoms with Gasteiger partial charge >= 0.3 is 47.9 Å². The van der Waals surface area contributed by atoms with Crippen LogP contribution in [0.25, 0.3) is 0 Å². The molecule has 3 nitrogen and oxygen atoms in total. The van der Waals surface area contributed by atoms with E-state index in [4.69, 9.17) is 15.1 Å². The summed E-state index contributed by atoms with van der Waals surface area (Å²) in [6.07, 6.45) is 0.